The monoisotopic (exact) mass is 488 g/mol. The molecule has 194 valence electrons. The van der Waals surface area contributed by atoms with Gasteiger partial charge in [-0.25, -0.2) is 0 Å². The Kier molecular flexibility index (Phi) is 16.6. The van der Waals surface area contributed by atoms with Crippen LogP contribution in [0.15, 0.2) is 55.6 Å². The van der Waals surface area contributed by atoms with Crippen molar-refractivity contribution < 1.29 is 29.0 Å². The van der Waals surface area contributed by atoms with E-state index in [1.807, 2.05) is 36.4 Å². The van der Waals surface area contributed by atoms with Gasteiger partial charge >= 0.3 is 5.97 Å². The van der Waals surface area contributed by atoms with E-state index in [2.05, 4.69) is 23.8 Å². The summed E-state index contributed by atoms with van der Waals surface area (Å²) < 4.78 is 10.5. The number of aliphatic hydroxyl groups is 1. The van der Waals surface area contributed by atoms with Crippen molar-refractivity contribution in [2.45, 2.75) is 38.5 Å². The van der Waals surface area contributed by atoms with Gasteiger partial charge in [-0.15, -0.1) is 13.2 Å². The molecule has 8 nitrogen and oxygen atoms in total. The van der Waals surface area contributed by atoms with Gasteiger partial charge < -0.3 is 25.2 Å². The molecule has 1 rings (SSSR count). The van der Waals surface area contributed by atoms with Crippen LogP contribution < -0.4 is 10.6 Å². The van der Waals surface area contributed by atoms with Crippen molar-refractivity contribution in [2.24, 2.45) is 11.8 Å². The van der Waals surface area contributed by atoms with Crippen molar-refractivity contribution in [1.29, 1.82) is 0 Å². The molecule has 1 aromatic carbocycles. The zero-order valence-electron chi connectivity index (χ0n) is 20.6. The maximum Gasteiger partial charge on any atom is 0.309 e. The zero-order chi connectivity index (χ0) is 25.7. The fourth-order valence-electron chi connectivity index (χ4n) is 3.51. The third-order valence-electron chi connectivity index (χ3n) is 5.32. The van der Waals surface area contributed by atoms with Crippen molar-refractivity contribution in [3.05, 3.63) is 61.2 Å². The highest BCUT2D eigenvalue weighted by Crippen LogP contribution is 2.17. The zero-order valence-corrected chi connectivity index (χ0v) is 20.6. The summed E-state index contributed by atoms with van der Waals surface area (Å²) in [6.45, 7) is 8.34. The molecule has 0 bridgehead atoms. The van der Waals surface area contributed by atoms with Gasteiger partial charge in [-0.3, -0.25) is 14.4 Å². The Balaban J connectivity index is 2.44. The Morgan fingerprint density at radius 1 is 0.971 bits per heavy atom. The van der Waals surface area contributed by atoms with Gasteiger partial charge in [-0.05, 0) is 37.7 Å². The number of ether oxygens (including phenoxy) is 2. The number of esters is 1. The van der Waals surface area contributed by atoms with Crippen LogP contribution in [-0.4, -0.2) is 62.4 Å². The van der Waals surface area contributed by atoms with Crippen molar-refractivity contribution in [3.63, 3.8) is 0 Å². The minimum atomic E-state index is -0.564. The van der Waals surface area contributed by atoms with E-state index in [9.17, 15) is 14.4 Å². The van der Waals surface area contributed by atoms with Crippen LogP contribution in [0.2, 0.25) is 0 Å². The van der Waals surface area contributed by atoms with E-state index in [-0.39, 0.29) is 63.1 Å². The first kappa shape index (κ1) is 30.1. The first-order valence-corrected chi connectivity index (χ1v) is 12.2. The average Bonchev–Trinajstić information content (AvgIpc) is 2.86. The van der Waals surface area contributed by atoms with E-state index < -0.39 is 5.92 Å². The quantitative estimate of drug-likeness (QED) is 0.148. The number of carbonyl (C=O) groups excluding carboxylic acids is 3. The van der Waals surface area contributed by atoms with Crippen LogP contribution in [-0.2, 0) is 30.3 Å². The molecule has 0 radical (unpaired) electrons. The van der Waals surface area contributed by atoms with Gasteiger partial charge in [0.1, 0.15) is 6.61 Å². The molecule has 1 aromatic rings. The van der Waals surface area contributed by atoms with Crippen LogP contribution in [0.5, 0.6) is 0 Å². The molecule has 35 heavy (non-hydrogen) atoms. The smallest absolute Gasteiger partial charge is 0.309 e. The van der Waals surface area contributed by atoms with E-state index in [4.69, 9.17) is 14.6 Å². The topological polar surface area (TPSA) is 114 Å². The lowest BCUT2D eigenvalue weighted by molar-refractivity contribution is -0.149. The van der Waals surface area contributed by atoms with Gasteiger partial charge in [0.15, 0.2) is 0 Å². The highest BCUT2D eigenvalue weighted by molar-refractivity contribution is 5.85. The van der Waals surface area contributed by atoms with Gasteiger partial charge in [-0.2, -0.15) is 0 Å². The molecule has 0 aromatic heterocycles. The Bertz CT molecular complexity index is 768. The number of aliphatic hydroxyl groups excluding tert-OH is 1. The average molecular weight is 489 g/mol. The molecule has 0 spiro atoms. The molecular formula is C27H40N2O6. The van der Waals surface area contributed by atoms with Crippen LogP contribution in [0.1, 0.15) is 37.7 Å². The molecule has 0 fully saturated rings. The number of amides is 2. The number of allylic oxidation sites excluding steroid dienone is 2. The number of hydrogen-bond acceptors (Lipinski definition) is 6. The SMILES string of the molecule is C=CCCCC(Cc1ccccc1)C(=O)OCCNC(=O)C(CC=C)CC(=O)NCCOCCO. The van der Waals surface area contributed by atoms with E-state index in [0.717, 1.165) is 18.4 Å². The number of hydrogen-bond donors (Lipinski definition) is 3. The summed E-state index contributed by atoms with van der Waals surface area (Å²) in [5, 5.41) is 14.1. The molecule has 0 heterocycles. The fraction of sp³-hybridized carbons (Fsp3) is 0.519. The molecule has 3 N–H and O–H groups in total. The lowest BCUT2D eigenvalue weighted by Gasteiger charge is -2.17. The van der Waals surface area contributed by atoms with Crippen LogP contribution in [0.4, 0.5) is 0 Å². The summed E-state index contributed by atoms with van der Waals surface area (Å²) in [6.07, 6.45) is 6.79. The van der Waals surface area contributed by atoms with Gasteiger partial charge in [0.05, 0.1) is 38.2 Å². The summed E-state index contributed by atoms with van der Waals surface area (Å²) >= 11 is 0. The minimum Gasteiger partial charge on any atom is -0.464 e. The predicted molar refractivity (Wildman–Crippen MR) is 135 cm³/mol. The molecule has 2 amide bonds. The van der Waals surface area contributed by atoms with Gasteiger partial charge in [0.2, 0.25) is 11.8 Å². The summed E-state index contributed by atoms with van der Waals surface area (Å²) in [5.41, 5.74) is 1.08. The second kappa shape index (κ2) is 19.3. The first-order chi connectivity index (χ1) is 17.0. The molecule has 0 saturated carbocycles. The second-order valence-corrected chi connectivity index (χ2v) is 8.18. The van der Waals surface area contributed by atoms with Crippen LogP contribution in [0.3, 0.4) is 0 Å². The van der Waals surface area contributed by atoms with Crippen molar-refractivity contribution in [3.8, 4) is 0 Å². The number of unbranched alkanes of at least 4 members (excludes halogenated alkanes) is 1. The molecule has 0 aliphatic carbocycles. The fourth-order valence-corrected chi connectivity index (χ4v) is 3.51. The number of benzene rings is 1. The first-order valence-electron chi connectivity index (χ1n) is 12.2. The number of nitrogens with one attached hydrogen (secondary N) is 2. The second-order valence-electron chi connectivity index (χ2n) is 8.18. The molecule has 8 heteroatoms. The standard InChI is InChI=1S/C27H40N2O6/c1-3-5-7-13-24(20-22-11-8-6-9-12-22)27(33)35-18-15-29-26(32)23(10-4-2)21-25(31)28-14-17-34-19-16-30/h3-4,6,8-9,11-12,23-24,30H,1-2,5,7,10,13-21H2,(H,28,31)(H,29,32). The normalized spacial score (nSPS) is 12.3. The molecule has 2 unspecified atom stereocenters. The van der Waals surface area contributed by atoms with Gasteiger partial charge in [0.25, 0.3) is 0 Å². The summed E-state index contributed by atoms with van der Waals surface area (Å²) in [5.74, 6) is -1.66. The molecule has 0 aliphatic heterocycles. The molecule has 0 aliphatic rings. The van der Waals surface area contributed by atoms with Gasteiger partial charge in [0, 0.05) is 13.0 Å². The predicted octanol–water partition coefficient (Wildman–Crippen LogP) is 2.57. The van der Waals surface area contributed by atoms with Crippen LogP contribution in [0, 0.1) is 11.8 Å². The molecule has 0 saturated heterocycles. The maximum atomic E-state index is 12.7. The van der Waals surface area contributed by atoms with E-state index in [0.29, 0.717) is 25.8 Å². The maximum absolute atomic E-state index is 12.7. The lowest BCUT2D eigenvalue weighted by Crippen LogP contribution is -2.37. The van der Waals surface area contributed by atoms with Crippen LogP contribution in [0.25, 0.3) is 0 Å². The summed E-state index contributed by atoms with van der Waals surface area (Å²) in [6, 6.07) is 9.82. The number of carbonyl (C=O) groups is 3. The Hall–Kier alpha value is -2.97. The minimum absolute atomic E-state index is 0.0140. The third-order valence-corrected chi connectivity index (χ3v) is 5.32. The van der Waals surface area contributed by atoms with Gasteiger partial charge in [-0.1, -0.05) is 42.5 Å². The third kappa shape index (κ3) is 14.1. The van der Waals surface area contributed by atoms with Crippen LogP contribution >= 0.6 is 0 Å². The Morgan fingerprint density at radius 3 is 2.40 bits per heavy atom. The van der Waals surface area contributed by atoms with E-state index in [1.165, 1.54) is 0 Å². The largest absolute Gasteiger partial charge is 0.464 e. The Labute approximate surface area is 208 Å². The lowest BCUT2D eigenvalue weighted by atomic mass is 9.94. The van der Waals surface area contributed by atoms with E-state index in [1.54, 1.807) is 6.08 Å². The molecule has 2 atom stereocenters. The van der Waals surface area contributed by atoms with Crippen molar-refractivity contribution in [2.75, 3.05) is 39.5 Å². The summed E-state index contributed by atoms with van der Waals surface area (Å²) in [7, 11) is 0. The van der Waals surface area contributed by atoms with Crippen molar-refractivity contribution >= 4 is 17.8 Å². The highest BCUT2D eigenvalue weighted by Gasteiger charge is 2.22. The molecular weight excluding hydrogens is 448 g/mol. The van der Waals surface area contributed by atoms with E-state index >= 15 is 0 Å². The summed E-state index contributed by atoms with van der Waals surface area (Å²) in [4.78, 5) is 37.3. The number of rotatable bonds is 20. The van der Waals surface area contributed by atoms with Crippen molar-refractivity contribution in [1.82, 2.24) is 10.6 Å². The Morgan fingerprint density at radius 2 is 1.71 bits per heavy atom. The highest BCUT2D eigenvalue weighted by atomic mass is 16.5.